The van der Waals surface area contributed by atoms with Crippen molar-refractivity contribution in [3.63, 3.8) is 0 Å². The standard InChI is InChI=1S/C22H30O7/c1-10-12-5-6-13-20-9-28-22(27,21(13,16(10)24)17(12)25)18(26)15(20)19(3,4)8-7-14(20)29-11(2)23/h12-15,17-18,25-27H,1,5-9H2,2-4H3/t12-,13-,14-,15?,17+,18-,20+,21-,22+/m0/s1. The van der Waals surface area contributed by atoms with Crippen LogP contribution in [-0.2, 0) is 19.1 Å². The Kier molecular flexibility index (Phi) is 3.73. The highest BCUT2D eigenvalue weighted by atomic mass is 16.6. The number of hydrogen-bond donors (Lipinski definition) is 3. The van der Waals surface area contributed by atoms with Gasteiger partial charge in [-0.05, 0) is 42.6 Å². The average molecular weight is 406 g/mol. The second-order valence-corrected chi connectivity index (χ2v) is 10.5. The van der Waals surface area contributed by atoms with E-state index in [-0.39, 0.29) is 12.0 Å². The molecule has 0 aromatic heterocycles. The number of fused-ring (bicyclic) bond motifs is 2. The predicted octanol–water partition coefficient (Wildman–Crippen LogP) is 0.946. The van der Waals surface area contributed by atoms with Crippen LogP contribution in [0.5, 0.6) is 0 Å². The van der Waals surface area contributed by atoms with Gasteiger partial charge in [0.2, 0.25) is 5.79 Å². The van der Waals surface area contributed by atoms with Crippen molar-refractivity contribution in [3.8, 4) is 0 Å². The van der Waals surface area contributed by atoms with Crippen molar-refractivity contribution < 1.29 is 34.4 Å². The highest BCUT2D eigenvalue weighted by molar-refractivity contribution is 6.05. The maximum Gasteiger partial charge on any atom is 0.302 e. The number of hydrogen-bond acceptors (Lipinski definition) is 7. The van der Waals surface area contributed by atoms with E-state index >= 15 is 0 Å². The molecule has 2 saturated heterocycles. The van der Waals surface area contributed by atoms with E-state index in [2.05, 4.69) is 6.58 Å². The molecule has 7 heteroatoms. The highest BCUT2D eigenvalue weighted by Crippen LogP contribution is 2.76. The van der Waals surface area contributed by atoms with Crippen LogP contribution in [0.15, 0.2) is 12.2 Å². The van der Waals surface area contributed by atoms with Crippen LogP contribution in [0.25, 0.3) is 0 Å². The van der Waals surface area contributed by atoms with Crippen LogP contribution in [0.3, 0.4) is 0 Å². The number of esters is 1. The monoisotopic (exact) mass is 406 g/mol. The number of carbonyl (C=O) groups excluding carboxylic acids is 2. The lowest BCUT2D eigenvalue weighted by molar-refractivity contribution is -0.458. The molecule has 3 N–H and O–H groups in total. The van der Waals surface area contributed by atoms with Crippen molar-refractivity contribution in [2.24, 2.45) is 34.0 Å². The zero-order valence-corrected chi connectivity index (χ0v) is 17.2. The molecule has 1 unspecified atom stereocenters. The first-order chi connectivity index (χ1) is 13.5. The van der Waals surface area contributed by atoms with Crippen LogP contribution in [0.1, 0.15) is 46.5 Å². The average Bonchev–Trinajstić information content (AvgIpc) is 2.74. The second-order valence-electron chi connectivity index (χ2n) is 10.5. The number of carbonyl (C=O) groups is 2. The second kappa shape index (κ2) is 5.49. The molecule has 0 aromatic carbocycles. The van der Waals surface area contributed by atoms with Gasteiger partial charge in [0.1, 0.15) is 17.6 Å². The SMILES string of the molecule is C=C1C(=O)[C@]23[C@H](O)[C@H]1CC[C@H]2[C@@]12CO[C@]3(O)[C@@H](O)C1C(C)(C)CC[C@@H]2OC(C)=O. The number of rotatable bonds is 1. The Morgan fingerprint density at radius 2 is 1.90 bits per heavy atom. The molecule has 6 rings (SSSR count). The molecule has 29 heavy (non-hydrogen) atoms. The summed E-state index contributed by atoms with van der Waals surface area (Å²) < 4.78 is 11.7. The minimum Gasteiger partial charge on any atom is -0.462 e. The summed E-state index contributed by atoms with van der Waals surface area (Å²) in [6.07, 6.45) is -0.674. The Labute approximate surface area is 170 Å². The molecule has 4 saturated carbocycles. The zero-order valence-electron chi connectivity index (χ0n) is 17.2. The fourth-order valence-corrected chi connectivity index (χ4v) is 8.24. The van der Waals surface area contributed by atoms with Gasteiger partial charge in [-0.1, -0.05) is 20.4 Å². The van der Waals surface area contributed by atoms with E-state index in [4.69, 9.17) is 9.47 Å². The minimum absolute atomic E-state index is 0.0795. The number of ketones is 1. The van der Waals surface area contributed by atoms with Gasteiger partial charge in [-0.2, -0.15) is 0 Å². The lowest BCUT2D eigenvalue weighted by Gasteiger charge is -2.74. The molecule has 7 nitrogen and oxygen atoms in total. The van der Waals surface area contributed by atoms with Crippen LogP contribution >= 0.6 is 0 Å². The van der Waals surface area contributed by atoms with Gasteiger partial charge in [-0.25, -0.2) is 0 Å². The normalized spacial score (nSPS) is 54.7. The van der Waals surface area contributed by atoms with Gasteiger partial charge in [0.05, 0.1) is 12.7 Å². The first-order valence-electron chi connectivity index (χ1n) is 10.6. The van der Waals surface area contributed by atoms with Gasteiger partial charge in [0, 0.05) is 24.2 Å². The summed E-state index contributed by atoms with van der Waals surface area (Å²) in [5.74, 6) is -4.38. The fraction of sp³-hybridized carbons (Fsp3) is 0.818. The summed E-state index contributed by atoms with van der Waals surface area (Å²) in [6, 6.07) is 0. The van der Waals surface area contributed by atoms with Crippen molar-refractivity contribution in [2.45, 2.75) is 70.6 Å². The maximum absolute atomic E-state index is 13.5. The quantitative estimate of drug-likeness (QED) is 0.439. The number of Topliss-reactive ketones (excluding diaryl/α,β-unsaturated/α-hetero) is 1. The van der Waals surface area contributed by atoms with Gasteiger partial charge < -0.3 is 24.8 Å². The Balaban J connectivity index is 1.79. The first kappa shape index (κ1) is 19.7. The maximum atomic E-state index is 13.5. The van der Waals surface area contributed by atoms with Gasteiger partial charge in [-0.15, -0.1) is 0 Å². The third-order valence-electron chi connectivity index (χ3n) is 9.16. The molecule has 4 aliphatic carbocycles. The number of aliphatic hydroxyl groups is 3. The van der Waals surface area contributed by atoms with Crippen molar-refractivity contribution in [2.75, 3.05) is 6.61 Å². The van der Waals surface area contributed by atoms with Crippen LogP contribution in [0, 0.1) is 34.0 Å². The van der Waals surface area contributed by atoms with E-state index < -0.39 is 64.4 Å². The van der Waals surface area contributed by atoms with E-state index in [9.17, 15) is 24.9 Å². The summed E-state index contributed by atoms with van der Waals surface area (Å²) in [7, 11) is 0. The molecule has 6 aliphatic rings. The van der Waals surface area contributed by atoms with Crippen LogP contribution < -0.4 is 0 Å². The molecule has 2 heterocycles. The minimum atomic E-state index is -2.19. The van der Waals surface area contributed by atoms with E-state index in [0.29, 0.717) is 31.3 Å². The Hall–Kier alpha value is -1.28. The molecule has 6 fully saturated rings. The van der Waals surface area contributed by atoms with E-state index in [1.807, 2.05) is 13.8 Å². The van der Waals surface area contributed by atoms with Crippen LogP contribution in [0.4, 0.5) is 0 Å². The molecule has 0 aromatic rings. The van der Waals surface area contributed by atoms with Gasteiger partial charge in [-0.3, -0.25) is 9.59 Å². The third kappa shape index (κ3) is 1.86. The van der Waals surface area contributed by atoms with Gasteiger partial charge in [0.15, 0.2) is 5.78 Å². The van der Waals surface area contributed by atoms with Crippen molar-refractivity contribution in [1.29, 1.82) is 0 Å². The van der Waals surface area contributed by atoms with Crippen LogP contribution in [0.2, 0.25) is 0 Å². The Morgan fingerprint density at radius 1 is 1.21 bits per heavy atom. The number of aliphatic hydroxyl groups excluding tert-OH is 2. The molecule has 9 atom stereocenters. The zero-order chi connectivity index (χ0) is 21.1. The fourth-order valence-electron chi connectivity index (χ4n) is 8.24. The number of ether oxygens (including phenoxy) is 2. The third-order valence-corrected chi connectivity index (χ3v) is 9.16. The van der Waals surface area contributed by atoms with E-state index in [1.165, 1.54) is 6.92 Å². The molecule has 2 spiro atoms. The first-order valence-corrected chi connectivity index (χ1v) is 10.6. The predicted molar refractivity (Wildman–Crippen MR) is 100 cm³/mol. The lowest BCUT2D eigenvalue weighted by atomic mass is 9.35. The molecule has 160 valence electrons. The molecule has 4 bridgehead atoms. The smallest absolute Gasteiger partial charge is 0.302 e. The Morgan fingerprint density at radius 3 is 2.55 bits per heavy atom. The van der Waals surface area contributed by atoms with Crippen LogP contribution in [-0.4, -0.2) is 57.8 Å². The lowest BCUT2D eigenvalue weighted by Crippen LogP contribution is -2.85. The van der Waals surface area contributed by atoms with Crippen molar-refractivity contribution >= 4 is 11.8 Å². The molecule has 2 aliphatic heterocycles. The molecular weight excluding hydrogens is 376 g/mol. The summed E-state index contributed by atoms with van der Waals surface area (Å²) in [4.78, 5) is 25.5. The summed E-state index contributed by atoms with van der Waals surface area (Å²) in [6.45, 7) is 9.43. The molecular formula is C22H30O7. The van der Waals surface area contributed by atoms with E-state index in [0.717, 1.165) is 0 Å². The van der Waals surface area contributed by atoms with Gasteiger partial charge >= 0.3 is 5.97 Å². The van der Waals surface area contributed by atoms with E-state index in [1.54, 1.807) is 0 Å². The van der Waals surface area contributed by atoms with Gasteiger partial charge in [0.25, 0.3) is 0 Å². The topological polar surface area (TPSA) is 113 Å². The summed E-state index contributed by atoms with van der Waals surface area (Å²) >= 11 is 0. The molecule has 0 radical (unpaired) electrons. The summed E-state index contributed by atoms with van der Waals surface area (Å²) in [5, 5.41) is 34.5. The largest absolute Gasteiger partial charge is 0.462 e. The highest BCUT2D eigenvalue weighted by Gasteiger charge is 2.87. The molecule has 0 amide bonds. The summed E-state index contributed by atoms with van der Waals surface area (Å²) in [5.41, 5.74) is -2.60. The van der Waals surface area contributed by atoms with Crippen molar-refractivity contribution in [3.05, 3.63) is 12.2 Å². The van der Waals surface area contributed by atoms with Crippen molar-refractivity contribution in [1.82, 2.24) is 0 Å². The Bertz CT molecular complexity index is 820.